The highest BCUT2D eigenvalue weighted by atomic mass is 16.5. The molecule has 7 heteroatoms. The lowest BCUT2D eigenvalue weighted by molar-refractivity contribution is -0.119. The predicted octanol–water partition coefficient (Wildman–Crippen LogP) is 4.26. The van der Waals surface area contributed by atoms with Crippen LogP contribution in [0, 0.1) is 0 Å². The maximum absolute atomic E-state index is 12.5. The molecule has 0 unspecified atom stereocenters. The summed E-state index contributed by atoms with van der Waals surface area (Å²) in [4.78, 5) is 14.3. The lowest BCUT2D eigenvalue weighted by atomic mass is 10.1. The lowest BCUT2D eigenvalue weighted by Crippen LogP contribution is -2.34. The Labute approximate surface area is 188 Å². The van der Waals surface area contributed by atoms with Crippen molar-refractivity contribution >= 4 is 11.6 Å². The van der Waals surface area contributed by atoms with Crippen LogP contribution in [0.2, 0.25) is 0 Å². The van der Waals surface area contributed by atoms with Gasteiger partial charge in [0.1, 0.15) is 11.5 Å². The van der Waals surface area contributed by atoms with E-state index in [-0.39, 0.29) is 12.5 Å². The highest BCUT2D eigenvalue weighted by Gasteiger charge is 2.14. The van der Waals surface area contributed by atoms with E-state index in [2.05, 4.69) is 5.32 Å². The number of para-hydroxylation sites is 1. The van der Waals surface area contributed by atoms with Gasteiger partial charge in [-0.3, -0.25) is 4.79 Å². The number of benzene rings is 3. The Hall–Kier alpha value is -3.87. The van der Waals surface area contributed by atoms with Gasteiger partial charge in [-0.25, -0.2) is 0 Å². The van der Waals surface area contributed by atoms with Crippen molar-refractivity contribution in [2.24, 2.45) is 0 Å². The van der Waals surface area contributed by atoms with Crippen molar-refractivity contribution in [3.05, 3.63) is 72.3 Å². The number of amides is 1. The molecule has 7 nitrogen and oxygen atoms in total. The molecule has 0 saturated heterocycles. The van der Waals surface area contributed by atoms with Gasteiger partial charge in [0.2, 0.25) is 11.7 Å². The molecule has 0 saturated carbocycles. The van der Waals surface area contributed by atoms with Gasteiger partial charge in [-0.15, -0.1) is 0 Å². The van der Waals surface area contributed by atoms with E-state index in [1.165, 1.54) is 0 Å². The number of nitrogens with one attached hydrogen (secondary N) is 1. The minimum atomic E-state index is -0.106. The minimum Gasteiger partial charge on any atom is -0.493 e. The number of likely N-dealkylation sites (N-methyl/N-ethyl adjacent to an activating group) is 1. The molecule has 0 aliphatic rings. The van der Waals surface area contributed by atoms with Crippen LogP contribution in [0.3, 0.4) is 0 Å². The lowest BCUT2D eigenvalue weighted by Gasteiger charge is -2.19. The van der Waals surface area contributed by atoms with Crippen LogP contribution < -0.4 is 29.2 Å². The second-order valence-corrected chi connectivity index (χ2v) is 7.08. The Kier molecular flexibility index (Phi) is 7.80. The maximum Gasteiger partial charge on any atom is 0.239 e. The minimum absolute atomic E-state index is 0.106. The number of ether oxygens (including phenoxy) is 4. The molecule has 1 amide bonds. The topological polar surface area (TPSA) is 69.3 Å². The third kappa shape index (κ3) is 5.85. The first-order valence-electron chi connectivity index (χ1n) is 10.1. The summed E-state index contributed by atoms with van der Waals surface area (Å²) < 4.78 is 21.9. The van der Waals surface area contributed by atoms with E-state index in [9.17, 15) is 4.79 Å². The summed E-state index contributed by atoms with van der Waals surface area (Å²) in [5.74, 6) is 3.02. The van der Waals surface area contributed by atoms with Crippen molar-refractivity contribution in [1.82, 2.24) is 5.32 Å². The highest BCUT2D eigenvalue weighted by Crippen LogP contribution is 2.38. The van der Waals surface area contributed by atoms with Crippen molar-refractivity contribution in [3.8, 4) is 28.7 Å². The first-order chi connectivity index (χ1) is 15.5. The number of methoxy groups -OCH3 is 3. The van der Waals surface area contributed by atoms with E-state index in [1.807, 2.05) is 78.7 Å². The van der Waals surface area contributed by atoms with Crippen molar-refractivity contribution in [2.45, 2.75) is 6.54 Å². The Balaban J connectivity index is 1.56. The molecule has 168 valence electrons. The van der Waals surface area contributed by atoms with Crippen molar-refractivity contribution < 1.29 is 23.7 Å². The molecule has 0 spiro atoms. The van der Waals surface area contributed by atoms with Gasteiger partial charge >= 0.3 is 0 Å². The summed E-state index contributed by atoms with van der Waals surface area (Å²) in [5, 5.41) is 2.93. The molecule has 0 aromatic heterocycles. The molecule has 0 heterocycles. The Morgan fingerprint density at radius 2 is 1.44 bits per heavy atom. The SMILES string of the molecule is COc1cc(CNC(=O)CN(C)c2ccc(Oc3ccccc3)cc2)cc(OC)c1OC. The molecule has 0 atom stereocenters. The Morgan fingerprint density at radius 1 is 0.844 bits per heavy atom. The fourth-order valence-corrected chi connectivity index (χ4v) is 3.19. The average Bonchev–Trinajstić information content (AvgIpc) is 2.83. The molecular formula is C25H28N2O5. The van der Waals surface area contributed by atoms with Gasteiger partial charge in [-0.05, 0) is 54.1 Å². The molecule has 0 aliphatic carbocycles. The Bertz CT molecular complexity index is 997. The van der Waals surface area contributed by atoms with Crippen LogP contribution in [-0.2, 0) is 11.3 Å². The molecule has 32 heavy (non-hydrogen) atoms. The number of hydrogen-bond donors (Lipinski definition) is 1. The average molecular weight is 437 g/mol. The summed E-state index contributed by atoms with van der Waals surface area (Å²) in [6.45, 7) is 0.552. The van der Waals surface area contributed by atoms with Crippen molar-refractivity contribution in [2.75, 3.05) is 39.8 Å². The molecule has 0 bridgehead atoms. The fourth-order valence-electron chi connectivity index (χ4n) is 3.19. The number of nitrogens with zero attached hydrogens (tertiary/aromatic N) is 1. The number of hydrogen-bond acceptors (Lipinski definition) is 6. The third-order valence-corrected chi connectivity index (χ3v) is 4.85. The fraction of sp³-hybridized carbons (Fsp3) is 0.240. The first-order valence-corrected chi connectivity index (χ1v) is 10.1. The second kappa shape index (κ2) is 10.9. The summed E-state index contributed by atoms with van der Waals surface area (Å²) in [6.07, 6.45) is 0. The monoisotopic (exact) mass is 436 g/mol. The summed E-state index contributed by atoms with van der Waals surface area (Å²) in [7, 11) is 6.54. The molecule has 0 radical (unpaired) electrons. The third-order valence-electron chi connectivity index (χ3n) is 4.85. The standard InChI is InChI=1S/C25H28N2O5/c1-27(19-10-12-21(13-11-19)32-20-8-6-5-7-9-20)17-24(28)26-16-18-14-22(29-2)25(31-4)23(15-18)30-3/h5-15H,16-17H2,1-4H3,(H,26,28). The summed E-state index contributed by atoms with van der Waals surface area (Å²) in [5.41, 5.74) is 1.76. The summed E-state index contributed by atoms with van der Waals surface area (Å²) >= 11 is 0. The van der Waals surface area contributed by atoms with E-state index in [0.29, 0.717) is 23.8 Å². The molecular weight excluding hydrogens is 408 g/mol. The van der Waals surface area contributed by atoms with Crippen LogP contribution >= 0.6 is 0 Å². The van der Waals surface area contributed by atoms with E-state index in [1.54, 1.807) is 21.3 Å². The van der Waals surface area contributed by atoms with Crippen LogP contribution in [0.15, 0.2) is 66.7 Å². The van der Waals surface area contributed by atoms with Crippen LogP contribution in [0.1, 0.15) is 5.56 Å². The molecule has 3 aromatic carbocycles. The van der Waals surface area contributed by atoms with Gasteiger partial charge in [0.05, 0.1) is 27.9 Å². The quantitative estimate of drug-likeness (QED) is 0.512. The van der Waals surface area contributed by atoms with E-state index < -0.39 is 0 Å². The van der Waals surface area contributed by atoms with Crippen LogP contribution in [0.5, 0.6) is 28.7 Å². The number of anilines is 1. The summed E-state index contributed by atoms with van der Waals surface area (Å²) in [6, 6.07) is 20.8. The van der Waals surface area contributed by atoms with Gasteiger partial charge in [0, 0.05) is 19.3 Å². The van der Waals surface area contributed by atoms with Gasteiger partial charge in [-0.1, -0.05) is 18.2 Å². The van der Waals surface area contributed by atoms with E-state index >= 15 is 0 Å². The number of carbonyl (C=O) groups is 1. The predicted molar refractivity (Wildman–Crippen MR) is 124 cm³/mol. The molecule has 3 aromatic rings. The van der Waals surface area contributed by atoms with Gasteiger partial charge in [-0.2, -0.15) is 0 Å². The van der Waals surface area contributed by atoms with Gasteiger partial charge in [0.25, 0.3) is 0 Å². The van der Waals surface area contributed by atoms with Crippen molar-refractivity contribution in [3.63, 3.8) is 0 Å². The van der Waals surface area contributed by atoms with Crippen LogP contribution in [0.4, 0.5) is 5.69 Å². The molecule has 0 aliphatic heterocycles. The largest absolute Gasteiger partial charge is 0.493 e. The zero-order valence-electron chi connectivity index (χ0n) is 18.8. The normalized spacial score (nSPS) is 10.2. The van der Waals surface area contributed by atoms with E-state index in [4.69, 9.17) is 18.9 Å². The van der Waals surface area contributed by atoms with Gasteiger partial charge in [0.15, 0.2) is 11.5 Å². The van der Waals surface area contributed by atoms with Crippen LogP contribution in [0.25, 0.3) is 0 Å². The van der Waals surface area contributed by atoms with Crippen LogP contribution in [-0.4, -0.2) is 40.8 Å². The number of carbonyl (C=O) groups excluding carboxylic acids is 1. The van der Waals surface area contributed by atoms with Crippen molar-refractivity contribution in [1.29, 1.82) is 0 Å². The Morgan fingerprint density at radius 3 is 2.00 bits per heavy atom. The molecule has 3 rings (SSSR count). The zero-order valence-corrected chi connectivity index (χ0v) is 18.8. The van der Waals surface area contributed by atoms with Gasteiger partial charge < -0.3 is 29.2 Å². The molecule has 1 N–H and O–H groups in total. The smallest absolute Gasteiger partial charge is 0.239 e. The van der Waals surface area contributed by atoms with E-state index in [0.717, 1.165) is 22.7 Å². The second-order valence-electron chi connectivity index (χ2n) is 7.08. The highest BCUT2D eigenvalue weighted by molar-refractivity contribution is 5.81. The zero-order chi connectivity index (χ0) is 22.9. The maximum atomic E-state index is 12.5. The molecule has 0 fully saturated rings. The number of rotatable bonds is 10. The first kappa shape index (κ1) is 22.8.